The van der Waals surface area contributed by atoms with Crippen molar-refractivity contribution in [2.75, 3.05) is 0 Å². The predicted molar refractivity (Wildman–Crippen MR) is 54.1 cm³/mol. The zero-order valence-electron chi connectivity index (χ0n) is 7.54. The fourth-order valence-corrected chi connectivity index (χ4v) is 0.888. The molecule has 1 rings (SSSR count). The van der Waals surface area contributed by atoms with Crippen molar-refractivity contribution in [2.24, 2.45) is 4.99 Å². The number of hydrogen-bond acceptors (Lipinski definition) is 1. The van der Waals surface area contributed by atoms with Crippen LogP contribution < -0.4 is 0 Å². The van der Waals surface area contributed by atoms with Gasteiger partial charge in [-0.25, -0.2) is 0 Å². The summed E-state index contributed by atoms with van der Waals surface area (Å²) in [5, 5.41) is 0. The van der Waals surface area contributed by atoms with Crippen LogP contribution in [0.3, 0.4) is 0 Å². The fraction of sp³-hybridized carbons (Fsp3) is 0.182. The van der Waals surface area contributed by atoms with Gasteiger partial charge in [-0.3, -0.25) is 4.99 Å². The molecule has 1 nitrogen and oxygen atoms in total. The lowest BCUT2D eigenvalue weighted by atomic mass is 10.2. The lowest BCUT2D eigenvalue weighted by molar-refractivity contribution is 1.40. The summed E-state index contributed by atoms with van der Waals surface area (Å²) in [6.45, 7) is 7.73. The molecule has 0 saturated carbocycles. The number of para-hydroxylation sites is 1. The summed E-state index contributed by atoms with van der Waals surface area (Å²) < 4.78 is 0. The van der Waals surface area contributed by atoms with Crippen LogP contribution in [-0.2, 0) is 0 Å². The maximum absolute atomic E-state index is 4.28. The van der Waals surface area contributed by atoms with Crippen molar-refractivity contribution >= 4 is 11.9 Å². The minimum atomic E-state index is 0.971. The Hall–Kier alpha value is -1.37. The molecule has 12 heavy (non-hydrogen) atoms. The number of hydrogen-bond donors (Lipinski definition) is 0. The molecule has 0 bridgehead atoms. The molecule has 0 fully saturated rings. The Morgan fingerprint density at radius 2 is 2.08 bits per heavy atom. The van der Waals surface area contributed by atoms with Crippen molar-refractivity contribution in [3.05, 3.63) is 42.0 Å². The van der Waals surface area contributed by atoms with E-state index in [9.17, 15) is 0 Å². The Morgan fingerprint density at radius 1 is 1.42 bits per heavy atom. The molecule has 0 radical (unpaired) electrons. The minimum absolute atomic E-state index is 0.971. The Labute approximate surface area is 73.5 Å². The first-order chi connectivity index (χ1) is 5.70. The largest absolute Gasteiger partial charge is 0.256 e. The Balaban J connectivity index is 2.89. The molecular formula is C11H13N. The lowest BCUT2D eigenvalue weighted by Gasteiger charge is -1.96. The van der Waals surface area contributed by atoms with Gasteiger partial charge in [-0.05, 0) is 31.1 Å². The molecule has 0 unspecified atom stereocenters. The molecule has 0 amide bonds. The van der Waals surface area contributed by atoms with Crippen LogP contribution in [-0.4, -0.2) is 6.21 Å². The predicted octanol–water partition coefficient (Wildman–Crippen LogP) is 3.27. The van der Waals surface area contributed by atoms with Gasteiger partial charge in [0.05, 0.1) is 5.69 Å². The van der Waals surface area contributed by atoms with E-state index in [2.05, 4.69) is 11.6 Å². The van der Waals surface area contributed by atoms with Crippen molar-refractivity contribution in [2.45, 2.75) is 13.8 Å². The first kappa shape index (κ1) is 8.72. The first-order valence-electron chi connectivity index (χ1n) is 3.95. The number of aliphatic imine (C=N–C) groups is 1. The second-order valence-electron chi connectivity index (χ2n) is 2.89. The van der Waals surface area contributed by atoms with Crippen molar-refractivity contribution in [1.82, 2.24) is 0 Å². The third kappa shape index (κ3) is 2.35. The molecule has 0 spiro atoms. The number of allylic oxidation sites excluding steroid dienone is 1. The van der Waals surface area contributed by atoms with E-state index < -0.39 is 0 Å². The van der Waals surface area contributed by atoms with E-state index in [0.29, 0.717) is 0 Å². The van der Waals surface area contributed by atoms with Crippen LogP contribution in [0.25, 0.3) is 0 Å². The standard InChI is InChI=1S/C11H13N/c1-9(2)8-12-11-7-5-4-6-10(11)3/h4-8H,1H2,2-3H3/b12-8-. The third-order valence-electron chi connectivity index (χ3n) is 1.54. The lowest BCUT2D eigenvalue weighted by Crippen LogP contribution is -1.76. The second-order valence-corrected chi connectivity index (χ2v) is 2.89. The van der Waals surface area contributed by atoms with E-state index in [1.54, 1.807) is 6.21 Å². The SMILES string of the molecule is C=C(C)/C=N\c1ccccc1C. The molecule has 1 aromatic rings. The highest BCUT2D eigenvalue weighted by Crippen LogP contribution is 2.16. The van der Waals surface area contributed by atoms with Gasteiger partial charge < -0.3 is 0 Å². The summed E-state index contributed by atoms with van der Waals surface area (Å²) in [4.78, 5) is 4.28. The van der Waals surface area contributed by atoms with Gasteiger partial charge in [0.1, 0.15) is 0 Å². The van der Waals surface area contributed by atoms with Gasteiger partial charge in [0.15, 0.2) is 0 Å². The van der Waals surface area contributed by atoms with Crippen LogP contribution in [0.4, 0.5) is 5.69 Å². The molecule has 0 heterocycles. The van der Waals surface area contributed by atoms with Crippen molar-refractivity contribution < 1.29 is 0 Å². The van der Waals surface area contributed by atoms with Gasteiger partial charge in [-0.1, -0.05) is 24.8 Å². The quantitative estimate of drug-likeness (QED) is 0.587. The van der Waals surface area contributed by atoms with E-state index in [1.807, 2.05) is 38.1 Å². The van der Waals surface area contributed by atoms with Gasteiger partial charge in [0.2, 0.25) is 0 Å². The van der Waals surface area contributed by atoms with Gasteiger partial charge in [-0.15, -0.1) is 0 Å². The first-order valence-corrected chi connectivity index (χ1v) is 3.95. The van der Waals surface area contributed by atoms with E-state index in [0.717, 1.165) is 11.3 Å². The van der Waals surface area contributed by atoms with E-state index in [-0.39, 0.29) is 0 Å². The maximum atomic E-state index is 4.28. The molecule has 62 valence electrons. The van der Waals surface area contributed by atoms with Crippen molar-refractivity contribution in [3.8, 4) is 0 Å². The van der Waals surface area contributed by atoms with Gasteiger partial charge in [-0.2, -0.15) is 0 Å². The number of rotatable bonds is 2. The maximum Gasteiger partial charge on any atom is 0.0658 e. The highest BCUT2D eigenvalue weighted by atomic mass is 14.7. The summed E-state index contributed by atoms with van der Waals surface area (Å²) in [6.07, 6.45) is 1.78. The summed E-state index contributed by atoms with van der Waals surface area (Å²) in [7, 11) is 0. The van der Waals surface area contributed by atoms with Gasteiger partial charge in [0, 0.05) is 6.21 Å². The zero-order chi connectivity index (χ0) is 8.97. The van der Waals surface area contributed by atoms with Crippen LogP contribution in [0.2, 0.25) is 0 Å². The van der Waals surface area contributed by atoms with E-state index in [4.69, 9.17) is 0 Å². The average Bonchev–Trinajstić information content (AvgIpc) is 2.03. The molecule has 0 saturated heterocycles. The fourth-order valence-electron chi connectivity index (χ4n) is 0.888. The molecular weight excluding hydrogens is 146 g/mol. The molecule has 0 aromatic heterocycles. The highest BCUT2D eigenvalue weighted by molar-refractivity contribution is 5.79. The summed E-state index contributed by atoms with van der Waals surface area (Å²) in [6, 6.07) is 8.03. The van der Waals surface area contributed by atoms with Crippen LogP contribution in [0, 0.1) is 6.92 Å². The molecule has 0 aliphatic carbocycles. The molecule has 0 atom stereocenters. The summed E-state index contributed by atoms with van der Waals surface area (Å²) >= 11 is 0. The topological polar surface area (TPSA) is 12.4 Å². The van der Waals surface area contributed by atoms with Gasteiger partial charge >= 0.3 is 0 Å². The Morgan fingerprint density at radius 3 is 2.67 bits per heavy atom. The summed E-state index contributed by atoms with van der Waals surface area (Å²) in [5.74, 6) is 0. The Kier molecular flexibility index (Phi) is 2.81. The molecule has 0 N–H and O–H groups in total. The van der Waals surface area contributed by atoms with E-state index >= 15 is 0 Å². The van der Waals surface area contributed by atoms with E-state index in [1.165, 1.54) is 5.56 Å². The smallest absolute Gasteiger partial charge is 0.0658 e. The molecule has 0 aliphatic heterocycles. The molecule has 0 aliphatic rings. The van der Waals surface area contributed by atoms with Gasteiger partial charge in [0.25, 0.3) is 0 Å². The minimum Gasteiger partial charge on any atom is -0.256 e. The molecule has 1 heteroatoms. The number of benzene rings is 1. The van der Waals surface area contributed by atoms with Crippen LogP contribution in [0.1, 0.15) is 12.5 Å². The van der Waals surface area contributed by atoms with Crippen LogP contribution >= 0.6 is 0 Å². The average molecular weight is 159 g/mol. The normalized spacial score (nSPS) is 10.5. The Bertz CT molecular complexity index is 311. The monoisotopic (exact) mass is 159 g/mol. The second kappa shape index (κ2) is 3.86. The summed E-state index contributed by atoms with van der Waals surface area (Å²) in [5.41, 5.74) is 3.17. The van der Waals surface area contributed by atoms with Crippen molar-refractivity contribution in [1.29, 1.82) is 0 Å². The highest BCUT2D eigenvalue weighted by Gasteiger charge is 1.90. The molecule has 1 aromatic carbocycles. The third-order valence-corrected chi connectivity index (χ3v) is 1.54. The van der Waals surface area contributed by atoms with Crippen LogP contribution in [0.15, 0.2) is 41.4 Å². The van der Waals surface area contributed by atoms with Crippen molar-refractivity contribution in [3.63, 3.8) is 0 Å². The number of nitrogens with zero attached hydrogens (tertiary/aromatic N) is 1. The zero-order valence-corrected chi connectivity index (χ0v) is 7.54. The number of aryl methyl sites for hydroxylation is 1. The van der Waals surface area contributed by atoms with Crippen LogP contribution in [0.5, 0.6) is 0 Å².